The second-order valence-corrected chi connectivity index (χ2v) is 4.72. The van der Waals surface area contributed by atoms with Gasteiger partial charge in [0.05, 0.1) is 12.8 Å². The largest absolute Gasteiger partial charge is 0.496 e. The first-order chi connectivity index (χ1) is 8.10. The van der Waals surface area contributed by atoms with Gasteiger partial charge < -0.3 is 4.74 Å². The van der Waals surface area contributed by atoms with Gasteiger partial charge in [0, 0.05) is 10.6 Å². The topological polar surface area (TPSA) is 35.0 Å². The number of hydrogen-bond donors (Lipinski definition) is 0. The average Bonchev–Trinajstić information content (AvgIpc) is 2.27. The highest BCUT2D eigenvalue weighted by atomic mass is 79.9. The molecule has 88 valence electrons. The van der Waals surface area contributed by atoms with Crippen molar-refractivity contribution in [3.63, 3.8) is 0 Å². The molecule has 2 rings (SSSR count). The minimum Gasteiger partial charge on any atom is -0.496 e. The molecule has 0 aliphatic heterocycles. The number of rotatable bonds is 2. The van der Waals surface area contributed by atoms with Gasteiger partial charge in [-0.1, -0.05) is 11.6 Å². The second kappa shape index (κ2) is 5.02. The standard InChI is InChI=1S/C12H10BrClN2O/c1-7-15-10(6-12(13)16-7)9-5-8(14)3-4-11(9)17-2/h3-6H,1-2H3. The molecule has 5 heteroatoms. The van der Waals surface area contributed by atoms with E-state index < -0.39 is 0 Å². The molecule has 0 amide bonds. The lowest BCUT2D eigenvalue weighted by Crippen LogP contribution is -1.94. The Morgan fingerprint density at radius 1 is 1.24 bits per heavy atom. The van der Waals surface area contributed by atoms with Crippen molar-refractivity contribution in [1.82, 2.24) is 9.97 Å². The van der Waals surface area contributed by atoms with Gasteiger partial charge in [-0.15, -0.1) is 0 Å². The maximum absolute atomic E-state index is 5.99. The van der Waals surface area contributed by atoms with Crippen LogP contribution in [0.4, 0.5) is 0 Å². The maximum Gasteiger partial charge on any atom is 0.128 e. The third-order valence-electron chi connectivity index (χ3n) is 2.24. The van der Waals surface area contributed by atoms with Crippen molar-refractivity contribution >= 4 is 27.5 Å². The molecule has 2 aromatic rings. The summed E-state index contributed by atoms with van der Waals surface area (Å²) in [6, 6.07) is 7.27. The van der Waals surface area contributed by atoms with E-state index in [4.69, 9.17) is 16.3 Å². The quantitative estimate of drug-likeness (QED) is 0.789. The molecule has 0 saturated carbocycles. The summed E-state index contributed by atoms with van der Waals surface area (Å²) in [5, 5.41) is 0.646. The Kier molecular flexibility index (Phi) is 3.64. The SMILES string of the molecule is COc1ccc(Cl)cc1-c1cc(Br)nc(C)n1. The molecule has 0 N–H and O–H groups in total. The lowest BCUT2D eigenvalue weighted by molar-refractivity contribution is 0.416. The number of benzene rings is 1. The molecule has 0 fully saturated rings. The van der Waals surface area contributed by atoms with Crippen LogP contribution in [0, 0.1) is 6.92 Å². The van der Waals surface area contributed by atoms with Crippen molar-refractivity contribution in [2.24, 2.45) is 0 Å². The molecule has 0 aliphatic rings. The minimum atomic E-state index is 0.646. The van der Waals surface area contributed by atoms with Crippen molar-refractivity contribution in [3.05, 3.63) is 39.7 Å². The Morgan fingerprint density at radius 2 is 2.00 bits per heavy atom. The summed E-state index contributed by atoms with van der Waals surface area (Å²) in [6.07, 6.45) is 0. The summed E-state index contributed by atoms with van der Waals surface area (Å²) < 4.78 is 6.04. The normalized spacial score (nSPS) is 10.4. The van der Waals surface area contributed by atoms with Crippen LogP contribution in [0.15, 0.2) is 28.9 Å². The molecule has 0 radical (unpaired) electrons. The van der Waals surface area contributed by atoms with Gasteiger partial charge in [0.15, 0.2) is 0 Å². The molecule has 0 saturated heterocycles. The molecular weight excluding hydrogens is 304 g/mol. The Morgan fingerprint density at radius 3 is 2.65 bits per heavy atom. The summed E-state index contributed by atoms with van der Waals surface area (Å²) in [4.78, 5) is 8.54. The monoisotopic (exact) mass is 312 g/mol. The molecule has 0 atom stereocenters. The van der Waals surface area contributed by atoms with Crippen LogP contribution in [0.1, 0.15) is 5.82 Å². The molecule has 0 spiro atoms. The molecular formula is C12H10BrClN2O. The lowest BCUT2D eigenvalue weighted by Gasteiger charge is -2.09. The summed E-state index contributed by atoms with van der Waals surface area (Å²) in [5.74, 6) is 1.43. The second-order valence-electron chi connectivity index (χ2n) is 3.47. The van der Waals surface area contributed by atoms with Gasteiger partial charge in [-0.3, -0.25) is 0 Å². The first-order valence-corrected chi connectivity index (χ1v) is 6.12. The average molecular weight is 314 g/mol. The first-order valence-electron chi connectivity index (χ1n) is 4.95. The molecule has 3 nitrogen and oxygen atoms in total. The smallest absolute Gasteiger partial charge is 0.128 e. The minimum absolute atomic E-state index is 0.646. The van der Waals surface area contributed by atoms with Crippen molar-refractivity contribution < 1.29 is 4.74 Å². The van der Waals surface area contributed by atoms with E-state index in [0.29, 0.717) is 10.8 Å². The van der Waals surface area contributed by atoms with E-state index >= 15 is 0 Å². The zero-order valence-corrected chi connectivity index (χ0v) is 11.7. The Bertz CT molecular complexity index is 540. The Balaban J connectivity index is 2.62. The predicted molar refractivity (Wildman–Crippen MR) is 71.5 cm³/mol. The molecule has 0 aliphatic carbocycles. The molecule has 1 aromatic carbocycles. The van der Waals surface area contributed by atoms with Crippen LogP contribution < -0.4 is 4.74 Å². The summed E-state index contributed by atoms with van der Waals surface area (Å²) in [7, 11) is 1.62. The zero-order valence-electron chi connectivity index (χ0n) is 9.37. The summed E-state index contributed by atoms with van der Waals surface area (Å²) >= 11 is 9.34. The highest BCUT2D eigenvalue weighted by Gasteiger charge is 2.09. The van der Waals surface area contributed by atoms with Crippen molar-refractivity contribution in [2.45, 2.75) is 6.92 Å². The van der Waals surface area contributed by atoms with Gasteiger partial charge in [0.2, 0.25) is 0 Å². The van der Waals surface area contributed by atoms with Crippen molar-refractivity contribution in [1.29, 1.82) is 0 Å². The first kappa shape index (κ1) is 12.3. The van der Waals surface area contributed by atoms with E-state index in [-0.39, 0.29) is 0 Å². The van der Waals surface area contributed by atoms with E-state index in [1.54, 1.807) is 13.2 Å². The number of aromatic nitrogens is 2. The summed E-state index contributed by atoms with van der Waals surface area (Å²) in [6.45, 7) is 1.84. The molecule has 1 heterocycles. The van der Waals surface area contributed by atoms with Crippen LogP contribution in [-0.2, 0) is 0 Å². The van der Waals surface area contributed by atoms with Crippen molar-refractivity contribution in [2.75, 3.05) is 7.11 Å². The predicted octanol–water partition coefficient (Wildman–Crippen LogP) is 3.88. The summed E-state index contributed by atoms with van der Waals surface area (Å²) in [5.41, 5.74) is 1.63. The zero-order chi connectivity index (χ0) is 12.4. The fourth-order valence-electron chi connectivity index (χ4n) is 1.55. The number of ether oxygens (including phenoxy) is 1. The lowest BCUT2D eigenvalue weighted by atomic mass is 10.1. The Labute approximate surface area is 113 Å². The number of hydrogen-bond acceptors (Lipinski definition) is 3. The van der Waals surface area contributed by atoms with Crippen LogP contribution in [0.2, 0.25) is 5.02 Å². The number of aryl methyl sites for hydroxylation is 1. The van der Waals surface area contributed by atoms with E-state index in [9.17, 15) is 0 Å². The van der Waals surface area contributed by atoms with Gasteiger partial charge in [-0.2, -0.15) is 0 Å². The van der Waals surface area contributed by atoms with Gasteiger partial charge >= 0.3 is 0 Å². The number of methoxy groups -OCH3 is 1. The third-order valence-corrected chi connectivity index (χ3v) is 2.89. The van der Waals surface area contributed by atoms with Gasteiger partial charge in [-0.05, 0) is 47.1 Å². The van der Waals surface area contributed by atoms with E-state index in [0.717, 1.165) is 21.6 Å². The van der Waals surface area contributed by atoms with Crippen LogP contribution in [0.5, 0.6) is 5.75 Å². The maximum atomic E-state index is 5.99. The third kappa shape index (κ3) is 2.76. The molecule has 17 heavy (non-hydrogen) atoms. The Hall–Kier alpha value is -1.13. The number of nitrogens with zero attached hydrogens (tertiary/aromatic N) is 2. The van der Waals surface area contributed by atoms with E-state index in [1.807, 2.05) is 25.1 Å². The van der Waals surface area contributed by atoms with Crippen LogP contribution in [0.3, 0.4) is 0 Å². The highest BCUT2D eigenvalue weighted by Crippen LogP contribution is 2.32. The van der Waals surface area contributed by atoms with Crippen molar-refractivity contribution in [3.8, 4) is 17.0 Å². The fraction of sp³-hybridized carbons (Fsp3) is 0.167. The number of halogens is 2. The van der Waals surface area contributed by atoms with Crippen LogP contribution in [0.25, 0.3) is 11.3 Å². The molecule has 0 bridgehead atoms. The van der Waals surface area contributed by atoms with Crippen LogP contribution in [-0.4, -0.2) is 17.1 Å². The van der Waals surface area contributed by atoms with Gasteiger partial charge in [0.25, 0.3) is 0 Å². The van der Waals surface area contributed by atoms with Crippen LogP contribution >= 0.6 is 27.5 Å². The van der Waals surface area contributed by atoms with Gasteiger partial charge in [-0.25, -0.2) is 9.97 Å². The fourth-order valence-corrected chi connectivity index (χ4v) is 2.20. The molecule has 1 aromatic heterocycles. The van der Waals surface area contributed by atoms with E-state index in [2.05, 4.69) is 25.9 Å². The highest BCUT2D eigenvalue weighted by molar-refractivity contribution is 9.10. The molecule has 0 unspecified atom stereocenters. The van der Waals surface area contributed by atoms with Gasteiger partial charge in [0.1, 0.15) is 16.2 Å². The van der Waals surface area contributed by atoms with E-state index in [1.165, 1.54) is 0 Å².